The highest BCUT2D eigenvalue weighted by atomic mass is 35.5. The fourth-order valence-electron chi connectivity index (χ4n) is 3.19. The van der Waals surface area contributed by atoms with Gasteiger partial charge in [-0.05, 0) is 55.7 Å². The standard InChI is InChI=1S/C20H23ClN2O3S/c1-15(16-7-5-9-18(21)13-16)22-20(24)17-8-6-10-19(14-17)27(25,26)23-11-3-2-4-12-23/h5-10,13-15H,2-4,11-12H2,1H3,(H,22,24)/t15-/m0/s1. The number of halogens is 1. The molecule has 27 heavy (non-hydrogen) atoms. The average molecular weight is 407 g/mol. The van der Waals surface area contributed by atoms with Gasteiger partial charge in [-0.2, -0.15) is 4.31 Å². The van der Waals surface area contributed by atoms with Crippen LogP contribution in [-0.2, 0) is 10.0 Å². The number of rotatable bonds is 5. The Bertz CT molecular complexity index is 924. The Labute approximate surface area is 165 Å². The second-order valence-corrected chi connectivity index (χ2v) is 9.12. The number of nitrogens with one attached hydrogen (secondary N) is 1. The zero-order valence-corrected chi connectivity index (χ0v) is 16.8. The van der Waals surface area contributed by atoms with Crippen molar-refractivity contribution in [2.75, 3.05) is 13.1 Å². The van der Waals surface area contributed by atoms with Crippen molar-refractivity contribution in [3.8, 4) is 0 Å². The lowest BCUT2D eigenvalue weighted by molar-refractivity contribution is 0.0939. The van der Waals surface area contributed by atoms with Gasteiger partial charge in [-0.3, -0.25) is 4.79 Å². The molecule has 5 nitrogen and oxygen atoms in total. The van der Waals surface area contributed by atoms with E-state index in [0.717, 1.165) is 24.8 Å². The number of carbonyl (C=O) groups excluding carboxylic acids is 1. The number of amides is 1. The lowest BCUT2D eigenvalue weighted by Crippen LogP contribution is -2.35. The molecule has 1 amide bonds. The zero-order chi connectivity index (χ0) is 19.4. The summed E-state index contributed by atoms with van der Waals surface area (Å²) in [7, 11) is -3.57. The predicted octanol–water partition coefficient (Wildman–Crippen LogP) is 4.01. The number of nitrogens with zero attached hydrogens (tertiary/aromatic N) is 1. The molecule has 1 atom stereocenters. The van der Waals surface area contributed by atoms with Gasteiger partial charge in [-0.25, -0.2) is 8.42 Å². The molecule has 1 fully saturated rings. The monoisotopic (exact) mass is 406 g/mol. The highest BCUT2D eigenvalue weighted by Crippen LogP contribution is 2.22. The van der Waals surface area contributed by atoms with Gasteiger partial charge in [0, 0.05) is 23.7 Å². The molecule has 0 aliphatic carbocycles. The molecule has 0 bridgehead atoms. The van der Waals surface area contributed by atoms with Crippen molar-refractivity contribution < 1.29 is 13.2 Å². The molecule has 1 heterocycles. The molecule has 0 radical (unpaired) electrons. The van der Waals surface area contributed by atoms with E-state index in [1.165, 1.54) is 10.4 Å². The van der Waals surface area contributed by atoms with Crippen LogP contribution in [0.1, 0.15) is 48.1 Å². The van der Waals surface area contributed by atoms with Crippen molar-refractivity contribution in [3.05, 3.63) is 64.7 Å². The minimum Gasteiger partial charge on any atom is -0.346 e. The van der Waals surface area contributed by atoms with Crippen molar-refractivity contribution >= 4 is 27.5 Å². The lowest BCUT2D eigenvalue weighted by atomic mass is 10.1. The second-order valence-electron chi connectivity index (χ2n) is 6.74. The van der Waals surface area contributed by atoms with Crippen LogP contribution < -0.4 is 5.32 Å². The van der Waals surface area contributed by atoms with Crippen LogP contribution in [0.3, 0.4) is 0 Å². The fraction of sp³-hybridized carbons (Fsp3) is 0.350. The van der Waals surface area contributed by atoms with Crippen molar-refractivity contribution in [2.24, 2.45) is 0 Å². The van der Waals surface area contributed by atoms with Gasteiger partial charge < -0.3 is 5.32 Å². The van der Waals surface area contributed by atoms with Crippen LogP contribution >= 0.6 is 11.6 Å². The van der Waals surface area contributed by atoms with E-state index in [-0.39, 0.29) is 16.8 Å². The molecule has 3 rings (SSSR count). The molecule has 144 valence electrons. The molecule has 1 saturated heterocycles. The van der Waals surface area contributed by atoms with Crippen LogP contribution in [0.25, 0.3) is 0 Å². The summed E-state index contributed by atoms with van der Waals surface area (Å²) < 4.78 is 27.1. The summed E-state index contributed by atoms with van der Waals surface area (Å²) >= 11 is 6.00. The van der Waals surface area contributed by atoms with Crippen LogP contribution in [0.4, 0.5) is 0 Å². The molecule has 0 saturated carbocycles. The topological polar surface area (TPSA) is 66.5 Å². The number of piperidine rings is 1. The Morgan fingerprint density at radius 2 is 1.78 bits per heavy atom. The van der Waals surface area contributed by atoms with Gasteiger partial charge in [0.1, 0.15) is 0 Å². The molecule has 0 unspecified atom stereocenters. The maximum Gasteiger partial charge on any atom is 0.251 e. The maximum absolute atomic E-state index is 12.8. The van der Waals surface area contributed by atoms with E-state index in [1.54, 1.807) is 30.3 Å². The average Bonchev–Trinajstić information content (AvgIpc) is 2.68. The Morgan fingerprint density at radius 3 is 2.48 bits per heavy atom. The van der Waals surface area contributed by atoms with Crippen LogP contribution in [0.2, 0.25) is 5.02 Å². The summed E-state index contributed by atoms with van der Waals surface area (Å²) in [6, 6.07) is 13.2. The first kappa shape index (κ1) is 19.9. The lowest BCUT2D eigenvalue weighted by Gasteiger charge is -2.26. The van der Waals surface area contributed by atoms with E-state index >= 15 is 0 Å². The van der Waals surface area contributed by atoms with E-state index in [0.29, 0.717) is 23.7 Å². The summed E-state index contributed by atoms with van der Waals surface area (Å²) in [5.74, 6) is -0.321. The molecule has 1 aliphatic rings. The Morgan fingerprint density at radius 1 is 1.07 bits per heavy atom. The Kier molecular flexibility index (Phi) is 6.19. The molecule has 2 aromatic rings. The summed E-state index contributed by atoms with van der Waals surface area (Å²) in [5, 5.41) is 3.49. The SMILES string of the molecule is C[C@H](NC(=O)c1cccc(S(=O)(=O)N2CCCCC2)c1)c1cccc(Cl)c1. The maximum atomic E-state index is 12.8. The number of benzene rings is 2. The molecule has 0 aromatic heterocycles. The van der Waals surface area contributed by atoms with Gasteiger partial charge in [-0.1, -0.05) is 36.2 Å². The van der Waals surface area contributed by atoms with Gasteiger partial charge in [0.05, 0.1) is 10.9 Å². The molecule has 7 heteroatoms. The van der Waals surface area contributed by atoms with Crippen molar-refractivity contribution in [3.63, 3.8) is 0 Å². The van der Waals surface area contributed by atoms with Crippen molar-refractivity contribution in [1.82, 2.24) is 9.62 Å². The van der Waals surface area contributed by atoms with Crippen molar-refractivity contribution in [1.29, 1.82) is 0 Å². The number of hydrogen-bond donors (Lipinski definition) is 1. The summed E-state index contributed by atoms with van der Waals surface area (Å²) in [6.07, 6.45) is 2.79. The normalized spacial score (nSPS) is 16.7. The van der Waals surface area contributed by atoms with Gasteiger partial charge in [0.2, 0.25) is 10.0 Å². The summed E-state index contributed by atoms with van der Waals surface area (Å²) in [6.45, 7) is 2.92. The highest BCUT2D eigenvalue weighted by Gasteiger charge is 2.26. The van der Waals surface area contributed by atoms with Crippen molar-refractivity contribution in [2.45, 2.75) is 37.1 Å². The van der Waals surface area contributed by atoms with Crippen LogP contribution in [0.5, 0.6) is 0 Å². The smallest absolute Gasteiger partial charge is 0.251 e. The van der Waals surface area contributed by atoms with E-state index in [1.807, 2.05) is 19.1 Å². The molecule has 1 aliphatic heterocycles. The Balaban J connectivity index is 1.77. The van der Waals surface area contributed by atoms with E-state index < -0.39 is 10.0 Å². The third kappa shape index (κ3) is 4.69. The van der Waals surface area contributed by atoms with Gasteiger partial charge >= 0.3 is 0 Å². The molecular weight excluding hydrogens is 384 g/mol. The second kappa shape index (κ2) is 8.42. The first-order valence-corrected chi connectivity index (χ1v) is 10.9. The largest absolute Gasteiger partial charge is 0.346 e. The summed E-state index contributed by atoms with van der Waals surface area (Å²) in [4.78, 5) is 12.8. The first-order valence-electron chi connectivity index (χ1n) is 9.04. The fourth-order valence-corrected chi connectivity index (χ4v) is 4.95. The molecule has 1 N–H and O–H groups in total. The number of hydrogen-bond acceptors (Lipinski definition) is 3. The molecule has 2 aromatic carbocycles. The third-order valence-electron chi connectivity index (χ3n) is 4.75. The third-order valence-corrected chi connectivity index (χ3v) is 6.88. The van der Waals surface area contributed by atoms with E-state index in [9.17, 15) is 13.2 Å². The first-order chi connectivity index (χ1) is 12.9. The van der Waals surface area contributed by atoms with Crippen LogP contribution in [0, 0.1) is 0 Å². The van der Waals surface area contributed by atoms with Gasteiger partial charge in [0.15, 0.2) is 0 Å². The minimum atomic E-state index is -3.57. The summed E-state index contributed by atoms with van der Waals surface area (Å²) in [5.41, 5.74) is 1.20. The van der Waals surface area contributed by atoms with Crippen LogP contribution in [-0.4, -0.2) is 31.7 Å². The minimum absolute atomic E-state index is 0.160. The molecule has 0 spiro atoms. The Hall–Kier alpha value is -1.89. The van der Waals surface area contributed by atoms with E-state index in [4.69, 9.17) is 11.6 Å². The van der Waals surface area contributed by atoms with Gasteiger partial charge in [0.25, 0.3) is 5.91 Å². The zero-order valence-electron chi connectivity index (χ0n) is 15.2. The van der Waals surface area contributed by atoms with E-state index in [2.05, 4.69) is 5.32 Å². The molecular formula is C20H23ClN2O3S. The quantitative estimate of drug-likeness (QED) is 0.815. The highest BCUT2D eigenvalue weighted by molar-refractivity contribution is 7.89. The van der Waals surface area contributed by atoms with Gasteiger partial charge in [-0.15, -0.1) is 0 Å². The van der Waals surface area contributed by atoms with Crippen LogP contribution in [0.15, 0.2) is 53.4 Å². The predicted molar refractivity (Wildman–Crippen MR) is 106 cm³/mol. The number of carbonyl (C=O) groups is 1. The number of sulfonamides is 1.